The topological polar surface area (TPSA) is 64.3 Å². The van der Waals surface area contributed by atoms with Gasteiger partial charge in [0.25, 0.3) is 0 Å². The number of halogens is 3. The van der Waals surface area contributed by atoms with Gasteiger partial charge in [-0.15, -0.1) is 0 Å². The van der Waals surface area contributed by atoms with Gasteiger partial charge in [-0.25, -0.2) is 5.84 Å². The summed E-state index contributed by atoms with van der Waals surface area (Å²) in [6, 6.07) is 3.01. The van der Waals surface area contributed by atoms with Crippen LogP contribution in [0, 0.1) is 0 Å². The van der Waals surface area contributed by atoms with E-state index in [4.69, 9.17) is 45.4 Å². The second kappa shape index (κ2) is 6.15. The summed E-state index contributed by atoms with van der Waals surface area (Å²) in [4.78, 5) is 10.8. The molecule has 0 fully saturated rings. The Balaban J connectivity index is 2.64. The molecule has 0 aliphatic rings. The molecule has 0 aliphatic heterocycles. The van der Waals surface area contributed by atoms with Crippen LogP contribution < -0.4 is 16.0 Å². The molecule has 88 valence electrons. The summed E-state index contributed by atoms with van der Waals surface area (Å²) in [6.07, 6.45) is 0.117. The van der Waals surface area contributed by atoms with Gasteiger partial charge in [0.05, 0.1) is 23.1 Å². The van der Waals surface area contributed by atoms with E-state index >= 15 is 0 Å². The van der Waals surface area contributed by atoms with Crippen molar-refractivity contribution in [3.8, 4) is 5.75 Å². The summed E-state index contributed by atoms with van der Waals surface area (Å²) in [7, 11) is 0. The summed E-state index contributed by atoms with van der Waals surface area (Å²) in [5.74, 6) is 4.88. The number of benzene rings is 1. The van der Waals surface area contributed by atoms with Crippen LogP contribution in [0.15, 0.2) is 12.1 Å². The van der Waals surface area contributed by atoms with E-state index in [0.29, 0.717) is 20.8 Å². The number of amides is 1. The monoisotopic (exact) mass is 282 g/mol. The Morgan fingerprint density at radius 2 is 1.88 bits per heavy atom. The number of ether oxygens (including phenoxy) is 1. The minimum atomic E-state index is -0.332. The predicted molar refractivity (Wildman–Crippen MR) is 63.9 cm³/mol. The molecule has 0 saturated carbocycles. The molecule has 0 aromatic heterocycles. The van der Waals surface area contributed by atoms with Crippen LogP contribution in [-0.4, -0.2) is 12.5 Å². The van der Waals surface area contributed by atoms with Crippen molar-refractivity contribution in [3.63, 3.8) is 0 Å². The van der Waals surface area contributed by atoms with E-state index in [1.807, 2.05) is 5.43 Å². The van der Waals surface area contributed by atoms with Gasteiger partial charge in [-0.3, -0.25) is 10.2 Å². The fraction of sp³-hybridized carbons (Fsp3) is 0.222. The molecule has 1 rings (SSSR count). The molecule has 1 aromatic rings. The zero-order chi connectivity index (χ0) is 12.1. The van der Waals surface area contributed by atoms with E-state index in [-0.39, 0.29) is 18.9 Å². The Morgan fingerprint density at radius 1 is 1.31 bits per heavy atom. The first kappa shape index (κ1) is 13.4. The van der Waals surface area contributed by atoms with Crippen molar-refractivity contribution in [2.75, 3.05) is 6.61 Å². The molecule has 7 heteroatoms. The zero-order valence-electron chi connectivity index (χ0n) is 8.10. The molecule has 0 heterocycles. The first-order valence-electron chi connectivity index (χ1n) is 4.31. The summed E-state index contributed by atoms with van der Waals surface area (Å²) in [6.45, 7) is 0.129. The van der Waals surface area contributed by atoms with Crippen molar-refractivity contribution < 1.29 is 9.53 Å². The third-order valence-corrected chi connectivity index (χ3v) is 2.48. The van der Waals surface area contributed by atoms with E-state index in [9.17, 15) is 4.79 Å². The lowest BCUT2D eigenvalue weighted by molar-refractivity contribution is -0.121. The Labute approximate surface area is 108 Å². The number of hydrazine groups is 1. The molecule has 4 nitrogen and oxygen atoms in total. The highest BCUT2D eigenvalue weighted by Gasteiger charge is 2.09. The molecule has 0 bridgehead atoms. The average molecular weight is 284 g/mol. The van der Waals surface area contributed by atoms with Crippen LogP contribution in [0.3, 0.4) is 0 Å². The molecular formula is C9H9Cl3N2O2. The van der Waals surface area contributed by atoms with Gasteiger partial charge in [0.15, 0.2) is 5.75 Å². The Bertz CT molecular complexity index is 375. The van der Waals surface area contributed by atoms with Gasteiger partial charge in [-0.2, -0.15) is 0 Å². The van der Waals surface area contributed by atoms with Gasteiger partial charge in [-0.05, 0) is 12.1 Å². The second-order valence-electron chi connectivity index (χ2n) is 2.86. The fourth-order valence-electron chi connectivity index (χ4n) is 0.985. The van der Waals surface area contributed by atoms with Crippen LogP contribution in [0.1, 0.15) is 6.42 Å². The number of hydrogen-bond acceptors (Lipinski definition) is 3. The van der Waals surface area contributed by atoms with Gasteiger partial charge in [0.2, 0.25) is 5.91 Å². The minimum absolute atomic E-state index is 0.117. The lowest BCUT2D eigenvalue weighted by atomic mass is 10.3. The van der Waals surface area contributed by atoms with Crippen LogP contribution in [0.25, 0.3) is 0 Å². The summed E-state index contributed by atoms with van der Waals surface area (Å²) in [5, 5.41) is 1.01. The third-order valence-electron chi connectivity index (χ3n) is 1.70. The van der Waals surface area contributed by atoms with Crippen LogP contribution in [-0.2, 0) is 4.79 Å². The maximum Gasteiger partial charge on any atom is 0.237 e. The molecule has 1 amide bonds. The Hall–Kier alpha value is -0.680. The van der Waals surface area contributed by atoms with Gasteiger partial charge < -0.3 is 4.74 Å². The number of nitrogens with two attached hydrogens (primary N) is 1. The lowest BCUT2D eigenvalue weighted by Gasteiger charge is -2.09. The highest BCUT2D eigenvalue weighted by atomic mass is 35.5. The second-order valence-corrected chi connectivity index (χ2v) is 4.12. The molecule has 16 heavy (non-hydrogen) atoms. The van der Waals surface area contributed by atoms with E-state index in [0.717, 1.165) is 0 Å². The predicted octanol–water partition coefficient (Wildman–Crippen LogP) is 2.41. The minimum Gasteiger partial charge on any atom is -0.490 e. The van der Waals surface area contributed by atoms with E-state index in [2.05, 4.69) is 0 Å². The molecule has 1 aromatic carbocycles. The lowest BCUT2D eigenvalue weighted by Crippen LogP contribution is -2.31. The smallest absolute Gasteiger partial charge is 0.237 e. The van der Waals surface area contributed by atoms with Gasteiger partial charge in [0.1, 0.15) is 0 Å². The van der Waals surface area contributed by atoms with Crippen molar-refractivity contribution in [3.05, 3.63) is 27.2 Å². The SMILES string of the molecule is NNC(=O)CCOc1c(Cl)cc(Cl)cc1Cl. The normalized spacial score (nSPS) is 10.0. The molecular weight excluding hydrogens is 274 g/mol. The molecule has 0 radical (unpaired) electrons. The van der Waals surface area contributed by atoms with Crippen LogP contribution in [0.5, 0.6) is 5.75 Å². The number of rotatable bonds is 4. The molecule has 3 N–H and O–H groups in total. The maximum atomic E-state index is 10.8. The number of carbonyl (C=O) groups excluding carboxylic acids is 1. The molecule has 0 atom stereocenters. The Kier molecular flexibility index (Phi) is 5.15. The zero-order valence-corrected chi connectivity index (χ0v) is 10.4. The molecule has 0 unspecified atom stereocenters. The number of nitrogens with one attached hydrogen (secondary N) is 1. The fourth-order valence-corrected chi connectivity index (χ4v) is 1.91. The van der Waals surface area contributed by atoms with E-state index in [1.54, 1.807) is 0 Å². The number of carbonyl (C=O) groups is 1. The highest BCUT2D eigenvalue weighted by molar-refractivity contribution is 6.40. The Morgan fingerprint density at radius 3 is 2.38 bits per heavy atom. The maximum absolute atomic E-state index is 10.8. The van der Waals surface area contributed by atoms with Crippen molar-refractivity contribution in [2.24, 2.45) is 5.84 Å². The van der Waals surface area contributed by atoms with Crippen molar-refractivity contribution in [1.29, 1.82) is 0 Å². The van der Waals surface area contributed by atoms with E-state index < -0.39 is 0 Å². The first-order valence-corrected chi connectivity index (χ1v) is 5.44. The van der Waals surface area contributed by atoms with Crippen LogP contribution in [0.2, 0.25) is 15.1 Å². The quantitative estimate of drug-likeness (QED) is 0.507. The largest absolute Gasteiger partial charge is 0.490 e. The van der Waals surface area contributed by atoms with Crippen molar-refractivity contribution >= 4 is 40.7 Å². The average Bonchev–Trinajstić information content (AvgIpc) is 2.21. The standard InChI is InChI=1S/C9H9Cl3N2O2/c10-5-3-6(11)9(7(12)4-5)16-2-1-8(15)14-13/h3-4H,1-2,13H2,(H,14,15). The first-order chi connectivity index (χ1) is 7.54. The van der Waals surface area contributed by atoms with Gasteiger partial charge in [0, 0.05) is 5.02 Å². The van der Waals surface area contributed by atoms with Crippen molar-refractivity contribution in [1.82, 2.24) is 5.43 Å². The molecule has 0 spiro atoms. The summed E-state index contributed by atoms with van der Waals surface area (Å²) >= 11 is 17.5. The third kappa shape index (κ3) is 3.72. The molecule has 0 aliphatic carbocycles. The summed E-state index contributed by atoms with van der Waals surface area (Å²) < 4.78 is 5.26. The molecule has 0 saturated heterocycles. The highest BCUT2D eigenvalue weighted by Crippen LogP contribution is 2.35. The van der Waals surface area contributed by atoms with Gasteiger partial charge in [-0.1, -0.05) is 34.8 Å². The van der Waals surface area contributed by atoms with Crippen LogP contribution in [0.4, 0.5) is 0 Å². The number of hydrogen-bond donors (Lipinski definition) is 2. The summed E-state index contributed by atoms with van der Waals surface area (Å²) in [5.41, 5.74) is 1.98. The van der Waals surface area contributed by atoms with Crippen molar-refractivity contribution in [2.45, 2.75) is 6.42 Å². The van der Waals surface area contributed by atoms with Crippen LogP contribution >= 0.6 is 34.8 Å². The van der Waals surface area contributed by atoms with Gasteiger partial charge >= 0.3 is 0 Å². The van der Waals surface area contributed by atoms with E-state index in [1.165, 1.54) is 12.1 Å².